The lowest BCUT2D eigenvalue weighted by Crippen LogP contribution is -2.45. The fraction of sp³-hybridized carbons (Fsp3) is 0.625. The Labute approximate surface area is 115 Å². The molecule has 1 heterocycles. The third kappa shape index (κ3) is 2.77. The van der Waals surface area contributed by atoms with E-state index >= 15 is 0 Å². The van der Waals surface area contributed by atoms with E-state index in [-0.39, 0.29) is 0 Å². The number of nitrogens with one attached hydrogen (secondary N) is 1. The van der Waals surface area contributed by atoms with Crippen LogP contribution in [0.2, 0.25) is 0 Å². The molecule has 0 saturated heterocycles. The van der Waals surface area contributed by atoms with E-state index in [9.17, 15) is 0 Å². The number of rotatable bonds is 6. The topological polar surface area (TPSA) is 47.3 Å². The van der Waals surface area contributed by atoms with Crippen LogP contribution >= 0.6 is 0 Å². The molecule has 3 N–H and O–H groups in total. The lowest BCUT2D eigenvalue weighted by Gasteiger charge is -2.41. The predicted octanol–water partition coefficient (Wildman–Crippen LogP) is 1.88. The molecule has 0 atom stereocenters. The van der Waals surface area contributed by atoms with E-state index < -0.39 is 0 Å². The van der Waals surface area contributed by atoms with Crippen LogP contribution in [0.15, 0.2) is 18.2 Å². The smallest absolute Gasteiger partial charge is 0.122 e. The Bertz CT molecular complexity index is 435. The van der Waals surface area contributed by atoms with Crippen LogP contribution in [0.25, 0.3) is 0 Å². The third-order valence-electron chi connectivity index (χ3n) is 4.69. The lowest BCUT2D eigenvalue weighted by molar-refractivity contribution is 0.141. The van der Waals surface area contributed by atoms with E-state index in [0.29, 0.717) is 5.41 Å². The second-order valence-electron chi connectivity index (χ2n) is 6.02. The van der Waals surface area contributed by atoms with Crippen LogP contribution in [0.4, 0.5) is 0 Å². The molecule has 3 heteroatoms. The van der Waals surface area contributed by atoms with Gasteiger partial charge in [0, 0.05) is 13.0 Å². The van der Waals surface area contributed by atoms with Gasteiger partial charge < -0.3 is 15.8 Å². The Morgan fingerprint density at radius 3 is 2.95 bits per heavy atom. The molecule has 0 aromatic heterocycles. The minimum atomic E-state index is 0.409. The molecule has 0 radical (unpaired) electrons. The van der Waals surface area contributed by atoms with Gasteiger partial charge in [-0.1, -0.05) is 18.6 Å². The van der Waals surface area contributed by atoms with Crippen molar-refractivity contribution in [2.24, 2.45) is 11.1 Å². The van der Waals surface area contributed by atoms with Crippen molar-refractivity contribution in [2.45, 2.75) is 32.1 Å². The molecule has 1 aliphatic carbocycles. The fourth-order valence-corrected chi connectivity index (χ4v) is 3.11. The number of hydrogen-bond donors (Lipinski definition) is 2. The quantitative estimate of drug-likeness (QED) is 0.768. The first-order chi connectivity index (χ1) is 9.31. The Morgan fingerprint density at radius 2 is 2.21 bits per heavy atom. The minimum Gasteiger partial charge on any atom is -0.493 e. The van der Waals surface area contributed by atoms with Crippen LogP contribution in [0.5, 0.6) is 5.75 Å². The highest BCUT2D eigenvalue weighted by Crippen LogP contribution is 2.39. The van der Waals surface area contributed by atoms with E-state index in [4.69, 9.17) is 10.5 Å². The fourth-order valence-electron chi connectivity index (χ4n) is 3.11. The van der Waals surface area contributed by atoms with Crippen LogP contribution in [-0.2, 0) is 12.8 Å². The lowest BCUT2D eigenvalue weighted by atomic mass is 9.69. The van der Waals surface area contributed by atoms with Crippen molar-refractivity contribution in [1.29, 1.82) is 0 Å². The molecule has 0 unspecified atom stereocenters. The van der Waals surface area contributed by atoms with Crippen LogP contribution in [0.3, 0.4) is 0 Å². The van der Waals surface area contributed by atoms with Gasteiger partial charge >= 0.3 is 0 Å². The Hall–Kier alpha value is -1.06. The average molecular weight is 260 g/mol. The molecule has 3 nitrogen and oxygen atoms in total. The number of benzene rings is 1. The van der Waals surface area contributed by atoms with Crippen LogP contribution in [0, 0.1) is 5.41 Å². The van der Waals surface area contributed by atoms with Crippen molar-refractivity contribution in [2.75, 3.05) is 26.2 Å². The summed E-state index contributed by atoms with van der Waals surface area (Å²) in [6.07, 6.45) is 6.10. The Morgan fingerprint density at radius 1 is 1.32 bits per heavy atom. The van der Waals surface area contributed by atoms with Gasteiger partial charge in [-0.15, -0.1) is 0 Å². The van der Waals surface area contributed by atoms with Gasteiger partial charge in [-0.2, -0.15) is 0 Å². The molecule has 0 spiro atoms. The third-order valence-corrected chi connectivity index (χ3v) is 4.69. The Balaban J connectivity index is 1.45. The van der Waals surface area contributed by atoms with Crippen molar-refractivity contribution in [3.63, 3.8) is 0 Å². The summed E-state index contributed by atoms with van der Waals surface area (Å²) >= 11 is 0. The summed E-state index contributed by atoms with van der Waals surface area (Å²) in [6, 6.07) is 6.60. The summed E-state index contributed by atoms with van der Waals surface area (Å²) < 4.78 is 5.53. The van der Waals surface area contributed by atoms with Crippen molar-refractivity contribution < 1.29 is 4.74 Å². The van der Waals surface area contributed by atoms with Crippen LogP contribution in [-0.4, -0.2) is 26.2 Å². The summed E-state index contributed by atoms with van der Waals surface area (Å²) in [5, 5.41) is 3.58. The summed E-state index contributed by atoms with van der Waals surface area (Å²) in [6.45, 7) is 3.80. The molecule has 0 bridgehead atoms. The monoisotopic (exact) mass is 260 g/mol. The van der Waals surface area contributed by atoms with Crippen LogP contribution < -0.4 is 15.8 Å². The van der Waals surface area contributed by atoms with Crippen molar-refractivity contribution in [1.82, 2.24) is 5.32 Å². The second-order valence-corrected chi connectivity index (χ2v) is 6.02. The van der Waals surface area contributed by atoms with Gasteiger partial charge in [-0.05, 0) is 55.0 Å². The molecule has 2 aliphatic rings. The number of hydrogen-bond acceptors (Lipinski definition) is 3. The highest BCUT2D eigenvalue weighted by Gasteiger charge is 2.34. The molecule has 1 aromatic carbocycles. The molecule has 1 aromatic rings. The summed E-state index contributed by atoms with van der Waals surface area (Å²) in [5.41, 5.74) is 9.06. The standard InChI is InChI=1S/C16H24N2O/c17-11-16(6-1-7-16)12-18-8-4-13-2-3-15-14(10-13)5-9-19-15/h2-3,10,18H,1,4-9,11-12,17H2. The molecule has 3 rings (SSSR count). The van der Waals surface area contributed by atoms with E-state index in [1.165, 1.54) is 30.4 Å². The molecule has 1 aliphatic heterocycles. The van der Waals surface area contributed by atoms with Gasteiger partial charge in [-0.25, -0.2) is 0 Å². The largest absolute Gasteiger partial charge is 0.493 e. The van der Waals surface area contributed by atoms with E-state index in [2.05, 4.69) is 23.5 Å². The second kappa shape index (κ2) is 5.51. The molecule has 104 valence electrons. The van der Waals surface area contributed by atoms with Crippen molar-refractivity contribution >= 4 is 0 Å². The van der Waals surface area contributed by atoms with E-state index in [1.807, 2.05) is 0 Å². The van der Waals surface area contributed by atoms with Gasteiger partial charge in [0.1, 0.15) is 5.75 Å². The SMILES string of the molecule is NCC1(CNCCc2ccc3c(c2)CCO3)CCC1. The first-order valence-corrected chi connectivity index (χ1v) is 7.47. The van der Waals surface area contributed by atoms with Crippen molar-refractivity contribution in [3.05, 3.63) is 29.3 Å². The predicted molar refractivity (Wildman–Crippen MR) is 77.6 cm³/mol. The van der Waals surface area contributed by atoms with Gasteiger partial charge in [-0.3, -0.25) is 0 Å². The summed E-state index contributed by atoms with van der Waals surface area (Å²) in [7, 11) is 0. The van der Waals surface area contributed by atoms with E-state index in [0.717, 1.165) is 44.8 Å². The molecule has 19 heavy (non-hydrogen) atoms. The van der Waals surface area contributed by atoms with Crippen molar-refractivity contribution in [3.8, 4) is 5.75 Å². The molecule has 1 saturated carbocycles. The molecule has 1 fully saturated rings. The molecular weight excluding hydrogens is 236 g/mol. The molecular formula is C16H24N2O. The maximum atomic E-state index is 5.87. The number of fused-ring (bicyclic) bond motifs is 1. The van der Waals surface area contributed by atoms with Gasteiger partial charge in [0.15, 0.2) is 0 Å². The highest BCUT2D eigenvalue weighted by atomic mass is 16.5. The van der Waals surface area contributed by atoms with Gasteiger partial charge in [0.05, 0.1) is 6.61 Å². The first kappa shape index (κ1) is 12.9. The normalized spacial score (nSPS) is 19.6. The zero-order valence-corrected chi connectivity index (χ0v) is 11.6. The van der Waals surface area contributed by atoms with Crippen LogP contribution in [0.1, 0.15) is 30.4 Å². The zero-order valence-electron chi connectivity index (χ0n) is 11.6. The highest BCUT2D eigenvalue weighted by molar-refractivity contribution is 5.39. The Kier molecular flexibility index (Phi) is 3.76. The maximum Gasteiger partial charge on any atom is 0.122 e. The maximum absolute atomic E-state index is 5.87. The van der Waals surface area contributed by atoms with Gasteiger partial charge in [0.2, 0.25) is 0 Å². The molecule has 0 amide bonds. The number of ether oxygens (including phenoxy) is 1. The number of nitrogens with two attached hydrogens (primary N) is 1. The first-order valence-electron chi connectivity index (χ1n) is 7.47. The summed E-state index contributed by atoms with van der Waals surface area (Å²) in [5.74, 6) is 1.08. The minimum absolute atomic E-state index is 0.409. The van der Waals surface area contributed by atoms with E-state index in [1.54, 1.807) is 0 Å². The van der Waals surface area contributed by atoms with Gasteiger partial charge in [0.25, 0.3) is 0 Å². The average Bonchev–Trinajstić information content (AvgIpc) is 2.84. The summed E-state index contributed by atoms with van der Waals surface area (Å²) in [4.78, 5) is 0. The zero-order chi connectivity index (χ0) is 13.1.